The van der Waals surface area contributed by atoms with Crippen molar-refractivity contribution in [2.24, 2.45) is 5.92 Å². The molecule has 2 aliphatic rings. The topological polar surface area (TPSA) is 69.7 Å². The lowest BCUT2D eigenvalue weighted by molar-refractivity contribution is -0.132. The molecule has 1 N–H and O–H groups in total. The SMILES string of the molecule is CC(=O)c1ccc(N2CCN(C(=O)CCC3Cc4ccccc4NC3=O)CC2)c(F)c1. The number of Topliss-reactive ketones (excluding diaryl/α,β-unsaturated/α-hetero) is 1. The summed E-state index contributed by atoms with van der Waals surface area (Å²) in [5.41, 5.74) is 2.76. The summed E-state index contributed by atoms with van der Waals surface area (Å²) in [5, 5.41) is 2.93. The van der Waals surface area contributed by atoms with Crippen LogP contribution in [0.3, 0.4) is 0 Å². The Bertz CT molecular complexity index is 1010. The van der Waals surface area contributed by atoms with Gasteiger partial charge in [-0.15, -0.1) is 0 Å². The van der Waals surface area contributed by atoms with Gasteiger partial charge >= 0.3 is 0 Å². The highest BCUT2D eigenvalue weighted by Gasteiger charge is 2.28. The van der Waals surface area contributed by atoms with Gasteiger partial charge in [0.1, 0.15) is 5.82 Å². The van der Waals surface area contributed by atoms with Crippen molar-refractivity contribution in [3.8, 4) is 0 Å². The van der Waals surface area contributed by atoms with E-state index in [9.17, 15) is 18.8 Å². The van der Waals surface area contributed by atoms with E-state index in [1.54, 1.807) is 17.0 Å². The normalized spacial score (nSPS) is 18.4. The second kappa shape index (κ2) is 8.88. The molecule has 0 bridgehead atoms. The molecule has 0 saturated carbocycles. The van der Waals surface area contributed by atoms with Gasteiger partial charge in [-0.2, -0.15) is 0 Å². The van der Waals surface area contributed by atoms with Crippen LogP contribution in [0, 0.1) is 11.7 Å². The van der Waals surface area contributed by atoms with Gasteiger partial charge in [-0.3, -0.25) is 14.4 Å². The van der Waals surface area contributed by atoms with Crippen molar-refractivity contribution < 1.29 is 18.8 Å². The number of amides is 2. The summed E-state index contributed by atoms with van der Waals surface area (Å²) < 4.78 is 14.4. The number of fused-ring (bicyclic) bond motifs is 1. The molecular formula is C24H26FN3O3. The number of hydrogen-bond acceptors (Lipinski definition) is 4. The number of ketones is 1. The van der Waals surface area contributed by atoms with Crippen molar-refractivity contribution >= 4 is 29.0 Å². The first-order chi connectivity index (χ1) is 14.9. The summed E-state index contributed by atoms with van der Waals surface area (Å²) in [6.07, 6.45) is 1.49. The molecule has 1 fully saturated rings. The molecule has 2 aromatic rings. The van der Waals surface area contributed by atoms with E-state index < -0.39 is 5.82 Å². The lowest BCUT2D eigenvalue weighted by Crippen LogP contribution is -2.49. The predicted octanol–water partition coefficient (Wildman–Crippen LogP) is 3.27. The fourth-order valence-electron chi connectivity index (χ4n) is 4.28. The van der Waals surface area contributed by atoms with Crippen molar-refractivity contribution in [1.29, 1.82) is 0 Å². The molecule has 0 aromatic heterocycles. The quantitative estimate of drug-likeness (QED) is 0.750. The van der Waals surface area contributed by atoms with E-state index in [1.165, 1.54) is 13.0 Å². The third-order valence-corrected chi connectivity index (χ3v) is 6.15. The average Bonchev–Trinajstić information content (AvgIpc) is 2.77. The number of nitrogens with zero attached hydrogens (tertiary/aromatic N) is 2. The largest absolute Gasteiger partial charge is 0.366 e. The Labute approximate surface area is 181 Å². The van der Waals surface area contributed by atoms with Crippen LogP contribution in [-0.2, 0) is 16.0 Å². The second-order valence-electron chi connectivity index (χ2n) is 8.18. The van der Waals surface area contributed by atoms with E-state index in [-0.39, 0.29) is 23.5 Å². The number of nitrogens with one attached hydrogen (secondary N) is 1. The van der Waals surface area contributed by atoms with E-state index in [1.807, 2.05) is 29.2 Å². The Morgan fingerprint density at radius 1 is 1.10 bits per heavy atom. The number of carbonyl (C=O) groups excluding carboxylic acids is 3. The third-order valence-electron chi connectivity index (χ3n) is 6.15. The van der Waals surface area contributed by atoms with E-state index in [0.29, 0.717) is 56.7 Å². The maximum absolute atomic E-state index is 14.4. The number of anilines is 2. The summed E-state index contributed by atoms with van der Waals surface area (Å²) in [5.74, 6) is -0.791. The number of halogens is 1. The first-order valence-corrected chi connectivity index (χ1v) is 10.6. The predicted molar refractivity (Wildman–Crippen MR) is 117 cm³/mol. The van der Waals surface area contributed by atoms with Crippen LogP contribution in [0.15, 0.2) is 42.5 Å². The molecule has 0 spiro atoms. The van der Waals surface area contributed by atoms with Gasteiger partial charge in [0.2, 0.25) is 11.8 Å². The molecule has 2 aliphatic heterocycles. The van der Waals surface area contributed by atoms with Crippen LogP contribution < -0.4 is 10.2 Å². The number of benzene rings is 2. The monoisotopic (exact) mass is 423 g/mol. The lowest BCUT2D eigenvalue weighted by atomic mass is 9.89. The number of hydrogen-bond donors (Lipinski definition) is 1. The minimum absolute atomic E-state index is 0.0266. The number of para-hydroxylation sites is 1. The van der Waals surface area contributed by atoms with Crippen molar-refractivity contribution in [2.45, 2.75) is 26.2 Å². The average molecular weight is 423 g/mol. The summed E-state index contributed by atoms with van der Waals surface area (Å²) in [6, 6.07) is 12.3. The van der Waals surface area contributed by atoms with E-state index >= 15 is 0 Å². The van der Waals surface area contributed by atoms with Crippen molar-refractivity contribution in [3.05, 3.63) is 59.4 Å². The minimum atomic E-state index is -0.420. The standard InChI is InChI=1S/C24H26FN3O3/c1-16(29)17-6-8-22(20(25)15-17)27-10-12-28(13-11-27)23(30)9-7-19-14-18-4-2-3-5-21(18)26-24(19)31/h2-6,8,15,19H,7,9-14H2,1H3,(H,26,31). The molecule has 1 saturated heterocycles. The van der Waals surface area contributed by atoms with Crippen LogP contribution in [0.4, 0.5) is 15.8 Å². The molecule has 6 nitrogen and oxygen atoms in total. The van der Waals surface area contributed by atoms with E-state index in [2.05, 4.69) is 5.32 Å². The van der Waals surface area contributed by atoms with E-state index in [0.717, 1.165) is 11.3 Å². The van der Waals surface area contributed by atoms with Crippen LogP contribution in [0.25, 0.3) is 0 Å². The fraction of sp³-hybridized carbons (Fsp3) is 0.375. The van der Waals surface area contributed by atoms with Crippen molar-refractivity contribution in [1.82, 2.24) is 4.90 Å². The zero-order valence-corrected chi connectivity index (χ0v) is 17.6. The highest BCUT2D eigenvalue weighted by molar-refractivity contribution is 5.96. The first-order valence-electron chi connectivity index (χ1n) is 10.6. The second-order valence-corrected chi connectivity index (χ2v) is 8.18. The maximum Gasteiger partial charge on any atom is 0.227 e. The van der Waals surface area contributed by atoms with Crippen LogP contribution >= 0.6 is 0 Å². The van der Waals surface area contributed by atoms with E-state index in [4.69, 9.17) is 0 Å². The van der Waals surface area contributed by atoms with Gasteiger partial charge in [-0.05, 0) is 49.6 Å². The third kappa shape index (κ3) is 4.60. The van der Waals surface area contributed by atoms with Gasteiger partial charge in [0.25, 0.3) is 0 Å². The highest BCUT2D eigenvalue weighted by atomic mass is 19.1. The minimum Gasteiger partial charge on any atom is -0.366 e. The summed E-state index contributed by atoms with van der Waals surface area (Å²) in [7, 11) is 0. The smallest absolute Gasteiger partial charge is 0.227 e. The Balaban J connectivity index is 1.29. The highest BCUT2D eigenvalue weighted by Crippen LogP contribution is 2.28. The molecule has 0 aliphatic carbocycles. The number of rotatable bonds is 5. The maximum atomic E-state index is 14.4. The van der Waals surface area contributed by atoms with Gasteiger partial charge in [0, 0.05) is 49.8 Å². The zero-order chi connectivity index (χ0) is 22.0. The molecule has 2 heterocycles. The fourth-order valence-corrected chi connectivity index (χ4v) is 4.28. The first kappa shape index (κ1) is 21.0. The lowest BCUT2D eigenvalue weighted by Gasteiger charge is -2.36. The van der Waals surface area contributed by atoms with Gasteiger partial charge in [-0.1, -0.05) is 18.2 Å². The molecule has 2 amide bonds. The van der Waals surface area contributed by atoms with Crippen LogP contribution in [0.1, 0.15) is 35.7 Å². The van der Waals surface area contributed by atoms with Crippen LogP contribution in [-0.4, -0.2) is 48.7 Å². The summed E-state index contributed by atoms with van der Waals surface area (Å²) >= 11 is 0. The number of piperazine rings is 1. The molecule has 1 atom stereocenters. The Kier molecular flexibility index (Phi) is 6.02. The molecule has 4 rings (SSSR count). The molecule has 31 heavy (non-hydrogen) atoms. The van der Waals surface area contributed by atoms with Gasteiger partial charge in [0.15, 0.2) is 5.78 Å². The zero-order valence-electron chi connectivity index (χ0n) is 17.6. The van der Waals surface area contributed by atoms with Gasteiger partial charge < -0.3 is 15.1 Å². The molecule has 7 heteroatoms. The summed E-state index contributed by atoms with van der Waals surface area (Å²) in [4.78, 5) is 40.1. The Morgan fingerprint density at radius 2 is 1.84 bits per heavy atom. The summed E-state index contributed by atoms with van der Waals surface area (Å²) in [6.45, 7) is 3.48. The molecule has 2 aromatic carbocycles. The number of carbonyl (C=O) groups is 3. The van der Waals surface area contributed by atoms with Gasteiger partial charge in [-0.25, -0.2) is 4.39 Å². The molecule has 0 radical (unpaired) electrons. The van der Waals surface area contributed by atoms with Crippen molar-refractivity contribution in [2.75, 3.05) is 36.4 Å². The van der Waals surface area contributed by atoms with Gasteiger partial charge in [0.05, 0.1) is 5.69 Å². The Hall–Kier alpha value is -3.22. The van der Waals surface area contributed by atoms with Crippen molar-refractivity contribution in [3.63, 3.8) is 0 Å². The molecular weight excluding hydrogens is 397 g/mol. The molecule has 162 valence electrons. The van der Waals surface area contributed by atoms with Crippen LogP contribution in [0.2, 0.25) is 0 Å². The Morgan fingerprint density at radius 3 is 2.55 bits per heavy atom. The van der Waals surface area contributed by atoms with Crippen LogP contribution in [0.5, 0.6) is 0 Å². The molecule has 1 unspecified atom stereocenters.